The van der Waals surface area contributed by atoms with Crippen molar-refractivity contribution < 1.29 is 8.91 Å². The van der Waals surface area contributed by atoms with Crippen molar-refractivity contribution in [3.8, 4) is 5.69 Å². The quantitative estimate of drug-likeness (QED) is 0.417. The number of rotatable bonds is 3. The molecule has 162 valence electrons. The number of aromatic nitrogens is 3. The summed E-state index contributed by atoms with van der Waals surface area (Å²) in [4.78, 5) is 5.29. The van der Waals surface area contributed by atoms with Crippen LogP contribution in [0.15, 0.2) is 65.3 Å². The zero-order chi connectivity index (χ0) is 21.9. The van der Waals surface area contributed by atoms with E-state index in [0.717, 1.165) is 42.2 Å². The Hall–Kier alpha value is -3.21. The van der Waals surface area contributed by atoms with Gasteiger partial charge in [-0.15, -0.1) is 0 Å². The lowest BCUT2D eigenvalue weighted by atomic mass is 9.57. The average Bonchev–Trinajstić information content (AvgIpc) is 3.39. The minimum absolute atomic E-state index is 0.102. The van der Waals surface area contributed by atoms with Gasteiger partial charge in [0.05, 0.1) is 11.9 Å². The van der Waals surface area contributed by atoms with E-state index in [0.29, 0.717) is 18.3 Å². The molecule has 0 unspecified atom stereocenters. The van der Waals surface area contributed by atoms with Crippen LogP contribution < -0.4 is 0 Å². The Labute approximate surface area is 187 Å². The summed E-state index contributed by atoms with van der Waals surface area (Å²) in [6.45, 7) is 4.60. The number of halogens is 1. The Kier molecular flexibility index (Phi) is 4.36. The van der Waals surface area contributed by atoms with Crippen LogP contribution in [-0.2, 0) is 24.7 Å². The van der Waals surface area contributed by atoms with Gasteiger partial charge in [-0.3, -0.25) is 0 Å². The topological polar surface area (TPSA) is 43.9 Å². The van der Waals surface area contributed by atoms with Gasteiger partial charge in [-0.05, 0) is 48.9 Å². The van der Waals surface area contributed by atoms with Crippen molar-refractivity contribution in [2.75, 3.05) is 0 Å². The molecule has 6 rings (SSSR count). The van der Waals surface area contributed by atoms with Crippen molar-refractivity contribution >= 4 is 0 Å². The molecule has 0 amide bonds. The van der Waals surface area contributed by atoms with Crippen molar-refractivity contribution in [1.29, 1.82) is 0 Å². The number of hydrogen-bond donors (Lipinski definition) is 0. The van der Waals surface area contributed by atoms with Gasteiger partial charge in [-0.2, -0.15) is 0 Å². The average molecular weight is 428 g/mol. The van der Waals surface area contributed by atoms with Crippen molar-refractivity contribution in [3.05, 3.63) is 101 Å². The normalized spacial score (nSPS) is 24.0. The Balaban J connectivity index is 1.54. The molecule has 0 spiro atoms. The maximum atomic E-state index is 14.2. The number of imidazole rings is 1. The SMILES string of the molecule is C[C@H]1c2oncc2C[C@@]2(C)c3nc(Cc4ccccc4)n(-c4cccc(F)c4)c3CC[C@H]12. The Morgan fingerprint density at radius 2 is 2.00 bits per heavy atom. The predicted molar refractivity (Wildman–Crippen MR) is 121 cm³/mol. The van der Waals surface area contributed by atoms with E-state index in [1.165, 1.54) is 22.9 Å². The molecule has 0 aliphatic heterocycles. The first kappa shape index (κ1) is 19.5. The molecule has 5 heteroatoms. The van der Waals surface area contributed by atoms with Gasteiger partial charge in [-0.25, -0.2) is 9.37 Å². The predicted octanol–water partition coefficient (Wildman–Crippen LogP) is 5.77. The van der Waals surface area contributed by atoms with Gasteiger partial charge in [0.2, 0.25) is 0 Å². The first-order chi connectivity index (χ1) is 15.5. The summed E-state index contributed by atoms with van der Waals surface area (Å²) in [6.07, 6.45) is 5.42. The molecule has 0 radical (unpaired) electrons. The molecule has 2 heterocycles. The fraction of sp³-hybridized carbons (Fsp3) is 0.333. The highest BCUT2D eigenvalue weighted by Gasteiger charge is 2.51. The van der Waals surface area contributed by atoms with Crippen molar-refractivity contribution in [3.63, 3.8) is 0 Å². The number of nitrogens with zero attached hydrogens (tertiary/aromatic N) is 3. The lowest BCUT2D eigenvalue weighted by Gasteiger charge is -2.46. The zero-order valence-electron chi connectivity index (χ0n) is 18.4. The van der Waals surface area contributed by atoms with Crippen LogP contribution >= 0.6 is 0 Å². The molecular formula is C27H26FN3O. The van der Waals surface area contributed by atoms with Gasteiger partial charge in [0.15, 0.2) is 0 Å². The summed E-state index contributed by atoms with van der Waals surface area (Å²) >= 11 is 0. The molecular weight excluding hydrogens is 401 g/mol. The Morgan fingerprint density at radius 1 is 1.16 bits per heavy atom. The largest absolute Gasteiger partial charge is 0.361 e. The smallest absolute Gasteiger partial charge is 0.143 e. The molecule has 2 aliphatic rings. The van der Waals surface area contributed by atoms with Crippen LogP contribution in [0.4, 0.5) is 4.39 Å². The van der Waals surface area contributed by atoms with E-state index in [1.54, 1.807) is 12.1 Å². The first-order valence-electron chi connectivity index (χ1n) is 11.4. The number of fused-ring (bicyclic) bond motifs is 4. The highest BCUT2D eigenvalue weighted by molar-refractivity contribution is 5.45. The highest BCUT2D eigenvalue weighted by Crippen LogP contribution is 2.53. The maximum Gasteiger partial charge on any atom is 0.143 e. The third kappa shape index (κ3) is 2.87. The van der Waals surface area contributed by atoms with Gasteiger partial charge >= 0.3 is 0 Å². The molecule has 4 nitrogen and oxygen atoms in total. The van der Waals surface area contributed by atoms with Crippen LogP contribution in [-0.4, -0.2) is 14.7 Å². The molecule has 0 saturated heterocycles. The molecule has 4 aromatic rings. The fourth-order valence-electron chi connectivity index (χ4n) is 6.17. The molecule has 0 fully saturated rings. The molecule has 2 aromatic carbocycles. The Bertz CT molecular complexity index is 1290. The van der Waals surface area contributed by atoms with E-state index in [9.17, 15) is 4.39 Å². The molecule has 2 aromatic heterocycles. The van der Waals surface area contributed by atoms with Crippen molar-refractivity contribution in [2.45, 2.75) is 50.9 Å². The third-order valence-electron chi connectivity index (χ3n) is 7.62. The third-order valence-corrected chi connectivity index (χ3v) is 7.62. The second-order valence-electron chi connectivity index (χ2n) is 9.54. The van der Waals surface area contributed by atoms with Crippen LogP contribution in [0.2, 0.25) is 0 Å². The van der Waals surface area contributed by atoms with E-state index >= 15 is 0 Å². The van der Waals surface area contributed by atoms with Gasteiger partial charge in [0.25, 0.3) is 0 Å². The first-order valence-corrected chi connectivity index (χ1v) is 11.4. The molecule has 3 atom stereocenters. The zero-order valence-corrected chi connectivity index (χ0v) is 18.4. The van der Waals surface area contributed by atoms with Crippen LogP contribution in [0.1, 0.15) is 60.3 Å². The summed E-state index contributed by atoms with van der Waals surface area (Å²) in [7, 11) is 0. The van der Waals surface area contributed by atoms with Gasteiger partial charge in [-0.1, -0.05) is 55.4 Å². The molecule has 2 aliphatic carbocycles. The van der Waals surface area contributed by atoms with E-state index in [4.69, 9.17) is 9.51 Å². The minimum Gasteiger partial charge on any atom is -0.361 e. The second-order valence-corrected chi connectivity index (χ2v) is 9.54. The summed E-state index contributed by atoms with van der Waals surface area (Å²) < 4.78 is 22.1. The molecule has 0 N–H and O–H groups in total. The van der Waals surface area contributed by atoms with E-state index in [2.05, 4.69) is 47.8 Å². The number of benzene rings is 2. The van der Waals surface area contributed by atoms with Crippen LogP contribution in [0.25, 0.3) is 5.69 Å². The van der Waals surface area contributed by atoms with E-state index < -0.39 is 0 Å². The van der Waals surface area contributed by atoms with Crippen LogP contribution in [0.5, 0.6) is 0 Å². The molecule has 0 bridgehead atoms. The fourth-order valence-corrected chi connectivity index (χ4v) is 6.17. The van der Waals surface area contributed by atoms with E-state index in [-0.39, 0.29) is 11.2 Å². The van der Waals surface area contributed by atoms with Crippen LogP contribution in [0.3, 0.4) is 0 Å². The summed E-state index contributed by atoms with van der Waals surface area (Å²) in [6, 6.07) is 17.3. The van der Waals surface area contributed by atoms with Gasteiger partial charge in [0, 0.05) is 34.7 Å². The van der Waals surface area contributed by atoms with Crippen molar-refractivity contribution in [1.82, 2.24) is 14.7 Å². The van der Waals surface area contributed by atoms with E-state index in [1.807, 2.05) is 18.3 Å². The summed E-state index contributed by atoms with van der Waals surface area (Å²) in [5.74, 6) is 2.52. The standard InChI is InChI=1S/C27H26FN3O/c1-17-22-11-12-23-26(27(22,2)15-19-16-29-32-25(17)19)30-24(13-18-7-4-3-5-8-18)31(23)21-10-6-9-20(28)14-21/h3-10,14,16-17,22H,11-13,15H2,1-2H3/t17-,22-,27-/m1/s1. The summed E-state index contributed by atoms with van der Waals surface area (Å²) in [5.41, 5.74) is 5.51. The van der Waals surface area contributed by atoms with Crippen LogP contribution in [0, 0.1) is 11.7 Å². The lowest BCUT2D eigenvalue weighted by Crippen LogP contribution is -2.44. The summed E-state index contributed by atoms with van der Waals surface area (Å²) in [5, 5.41) is 4.09. The van der Waals surface area contributed by atoms with Gasteiger partial charge in [0.1, 0.15) is 17.4 Å². The molecule has 32 heavy (non-hydrogen) atoms. The monoisotopic (exact) mass is 427 g/mol. The molecule has 0 saturated carbocycles. The highest BCUT2D eigenvalue weighted by atomic mass is 19.1. The van der Waals surface area contributed by atoms with Gasteiger partial charge < -0.3 is 9.09 Å². The Morgan fingerprint density at radius 3 is 2.81 bits per heavy atom. The second kappa shape index (κ2) is 7.16. The maximum absolute atomic E-state index is 14.2. The van der Waals surface area contributed by atoms with Crippen molar-refractivity contribution in [2.24, 2.45) is 5.92 Å². The number of hydrogen-bond acceptors (Lipinski definition) is 3. The minimum atomic E-state index is -0.226. The lowest BCUT2D eigenvalue weighted by molar-refractivity contribution is 0.171.